The van der Waals surface area contributed by atoms with Gasteiger partial charge in [-0.2, -0.15) is 0 Å². The van der Waals surface area contributed by atoms with Crippen LogP contribution in [0.4, 0.5) is 4.39 Å². The molecule has 5 nitrogen and oxygen atoms in total. The van der Waals surface area contributed by atoms with Gasteiger partial charge in [0.1, 0.15) is 18.4 Å². The van der Waals surface area contributed by atoms with Crippen molar-refractivity contribution in [2.75, 3.05) is 6.54 Å². The van der Waals surface area contributed by atoms with Crippen molar-refractivity contribution in [3.8, 4) is 0 Å². The molecule has 0 aliphatic carbocycles. The van der Waals surface area contributed by atoms with E-state index in [1.54, 1.807) is 6.92 Å². The Labute approximate surface area is 109 Å². The van der Waals surface area contributed by atoms with Gasteiger partial charge >= 0.3 is 0 Å². The minimum absolute atomic E-state index is 0.0329. The Kier molecular flexibility index (Phi) is 3.59. The highest BCUT2D eigenvalue weighted by atomic mass is 19.1. The molecule has 100 valence electrons. The number of halogens is 1. The molecule has 1 heterocycles. The highest BCUT2D eigenvalue weighted by molar-refractivity contribution is 6.04. The van der Waals surface area contributed by atoms with E-state index < -0.39 is 17.9 Å². The molecule has 6 heteroatoms. The van der Waals surface area contributed by atoms with Crippen LogP contribution >= 0.6 is 0 Å². The van der Waals surface area contributed by atoms with Gasteiger partial charge < -0.3 is 4.90 Å². The number of imide groups is 1. The molecule has 1 aromatic rings. The number of amides is 3. The average Bonchev–Trinajstić information content (AvgIpc) is 2.36. The number of nitrogens with one attached hydrogen (secondary N) is 1. The van der Waals surface area contributed by atoms with Crippen molar-refractivity contribution in [1.29, 1.82) is 0 Å². The van der Waals surface area contributed by atoms with Crippen LogP contribution in [-0.2, 0) is 20.8 Å². The third kappa shape index (κ3) is 2.96. The van der Waals surface area contributed by atoms with Gasteiger partial charge in [0.25, 0.3) is 0 Å². The van der Waals surface area contributed by atoms with Crippen LogP contribution < -0.4 is 5.32 Å². The Morgan fingerprint density at radius 3 is 2.63 bits per heavy atom. The minimum atomic E-state index is -0.675. The molecule has 0 radical (unpaired) electrons. The first-order valence-corrected chi connectivity index (χ1v) is 5.85. The van der Waals surface area contributed by atoms with E-state index in [0.29, 0.717) is 5.56 Å². The first-order valence-electron chi connectivity index (χ1n) is 5.85. The zero-order chi connectivity index (χ0) is 14.0. The molecule has 1 N–H and O–H groups in total. The Bertz CT molecular complexity index is 527. The third-order valence-corrected chi connectivity index (χ3v) is 3.01. The summed E-state index contributed by atoms with van der Waals surface area (Å²) < 4.78 is 12.8. The Hall–Kier alpha value is -2.24. The second kappa shape index (κ2) is 5.17. The van der Waals surface area contributed by atoms with E-state index in [2.05, 4.69) is 5.32 Å². The Morgan fingerprint density at radius 1 is 1.37 bits per heavy atom. The smallest absolute Gasteiger partial charge is 0.249 e. The second-order valence-corrected chi connectivity index (χ2v) is 4.41. The number of carbonyl (C=O) groups excluding carboxylic acids is 3. The average molecular weight is 264 g/mol. The Morgan fingerprint density at radius 2 is 2.00 bits per heavy atom. The lowest BCUT2D eigenvalue weighted by molar-refractivity contribution is -0.149. The van der Waals surface area contributed by atoms with Crippen LogP contribution in [0.25, 0.3) is 0 Å². The Balaban J connectivity index is 2.08. The predicted octanol–water partition coefficient (Wildman–Crippen LogP) is 0.242. The molecular formula is C13H13FN2O3. The van der Waals surface area contributed by atoms with Crippen molar-refractivity contribution in [3.63, 3.8) is 0 Å². The summed E-state index contributed by atoms with van der Waals surface area (Å²) in [6, 6.07) is 4.86. The van der Waals surface area contributed by atoms with Crippen LogP contribution in [-0.4, -0.2) is 35.2 Å². The maximum Gasteiger partial charge on any atom is 0.249 e. The van der Waals surface area contributed by atoms with E-state index in [1.165, 1.54) is 29.2 Å². The number of benzene rings is 1. The number of carbonyl (C=O) groups is 3. The van der Waals surface area contributed by atoms with Crippen molar-refractivity contribution in [2.24, 2.45) is 0 Å². The third-order valence-electron chi connectivity index (χ3n) is 3.01. The van der Waals surface area contributed by atoms with Crippen molar-refractivity contribution >= 4 is 17.7 Å². The van der Waals surface area contributed by atoms with Crippen molar-refractivity contribution in [2.45, 2.75) is 19.4 Å². The van der Waals surface area contributed by atoms with Crippen LogP contribution in [0.15, 0.2) is 24.3 Å². The highest BCUT2D eigenvalue weighted by Gasteiger charge is 2.33. The predicted molar refractivity (Wildman–Crippen MR) is 64.4 cm³/mol. The van der Waals surface area contributed by atoms with Gasteiger partial charge in [-0.1, -0.05) is 12.1 Å². The number of hydrogen-bond donors (Lipinski definition) is 1. The number of piperazine rings is 1. The molecule has 0 spiro atoms. The van der Waals surface area contributed by atoms with Crippen molar-refractivity contribution in [1.82, 2.24) is 10.2 Å². The van der Waals surface area contributed by atoms with Crippen LogP contribution in [0, 0.1) is 5.82 Å². The summed E-state index contributed by atoms with van der Waals surface area (Å²) in [7, 11) is 0. The number of hydrogen-bond acceptors (Lipinski definition) is 3. The SMILES string of the molecule is CC1C(=O)NC(=O)CN1C(=O)Cc1ccc(F)cc1. The maximum absolute atomic E-state index is 12.8. The molecule has 1 aromatic carbocycles. The molecule has 0 aromatic heterocycles. The molecule has 19 heavy (non-hydrogen) atoms. The fourth-order valence-corrected chi connectivity index (χ4v) is 1.90. The van der Waals surface area contributed by atoms with Gasteiger partial charge in [-0.25, -0.2) is 4.39 Å². The van der Waals surface area contributed by atoms with Gasteiger partial charge in [0, 0.05) is 0 Å². The summed E-state index contributed by atoms with van der Waals surface area (Å²) in [4.78, 5) is 36.0. The summed E-state index contributed by atoms with van der Waals surface area (Å²) in [5, 5.41) is 2.16. The fourth-order valence-electron chi connectivity index (χ4n) is 1.90. The quantitative estimate of drug-likeness (QED) is 0.778. The molecule has 1 saturated heterocycles. The van der Waals surface area contributed by atoms with Gasteiger partial charge in [-0.05, 0) is 24.6 Å². The molecule has 1 fully saturated rings. The van der Waals surface area contributed by atoms with E-state index in [4.69, 9.17) is 0 Å². The van der Waals surface area contributed by atoms with E-state index >= 15 is 0 Å². The lowest BCUT2D eigenvalue weighted by Gasteiger charge is -2.31. The van der Waals surface area contributed by atoms with E-state index in [0.717, 1.165) is 0 Å². The van der Waals surface area contributed by atoms with E-state index in [-0.39, 0.29) is 24.7 Å². The molecular weight excluding hydrogens is 251 g/mol. The zero-order valence-corrected chi connectivity index (χ0v) is 10.4. The monoisotopic (exact) mass is 264 g/mol. The highest BCUT2D eigenvalue weighted by Crippen LogP contribution is 2.10. The van der Waals surface area contributed by atoms with Gasteiger partial charge in [0.2, 0.25) is 17.7 Å². The van der Waals surface area contributed by atoms with Gasteiger partial charge in [-0.3, -0.25) is 19.7 Å². The maximum atomic E-state index is 12.8. The fraction of sp³-hybridized carbons (Fsp3) is 0.308. The summed E-state index contributed by atoms with van der Waals surface area (Å²) in [5.41, 5.74) is 0.636. The van der Waals surface area contributed by atoms with Crippen molar-refractivity contribution < 1.29 is 18.8 Å². The minimum Gasteiger partial charge on any atom is -0.321 e. The largest absolute Gasteiger partial charge is 0.321 e. The topological polar surface area (TPSA) is 66.5 Å². The normalized spacial score (nSPS) is 19.3. The molecule has 2 rings (SSSR count). The van der Waals surface area contributed by atoms with Crippen LogP contribution in [0.1, 0.15) is 12.5 Å². The lowest BCUT2D eigenvalue weighted by Crippen LogP contribution is -2.58. The van der Waals surface area contributed by atoms with Gasteiger partial charge in [-0.15, -0.1) is 0 Å². The van der Waals surface area contributed by atoms with Crippen LogP contribution in [0.5, 0.6) is 0 Å². The summed E-state index contributed by atoms with van der Waals surface area (Å²) in [6.07, 6.45) is 0.0329. The molecule has 1 atom stereocenters. The summed E-state index contributed by atoms with van der Waals surface area (Å²) in [5.74, 6) is -1.68. The summed E-state index contributed by atoms with van der Waals surface area (Å²) >= 11 is 0. The molecule has 3 amide bonds. The summed E-state index contributed by atoms with van der Waals surface area (Å²) in [6.45, 7) is 1.43. The van der Waals surface area contributed by atoms with E-state index in [9.17, 15) is 18.8 Å². The zero-order valence-electron chi connectivity index (χ0n) is 10.4. The molecule has 0 saturated carbocycles. The molecule has 0 bridgehead atoms. The first-order chi connectivity index (χ1) is 8.97. The van der Waals surface area contributed by atoms with Crippen molar-refractivity contribution in [3.05, 3.63) is 35.6 Å². The van der Waals surface area contributed by atoms with Crippen LogP contribution in [0.3, 0.4) is 0 Å². The van der Waals surface area contributed by atoms with Gasteiger partial charge in [0.05, 0.1) is 6.42 Å². The number of rotatable bonds is 2. The van der Waals surface area contributed by atoms with Gasteiger partial charge in [0.15, 0.2) is 0 Å². The number of nitrogens with zero attached hydrogens (tertiary/aromatic N) is 1. The second-order valence-electron chi connectivity index (χ2n) is 4.41. The first kappa shape index (κ1) is 13.2. The van der Waals surface area contributed by atoms with Crippen LogP contribution in [0.2, 0.25) is 0 Å². The molecule has 1 aliphatic heterocycles. The standard InChI is InChI=1S/C13H13FN2O3/c1-8-13(19)15-11(17)7-16(8)12(18)6-9-2-4-10(14)5-3-9/h2-5,8H,6-7H2,1H3,(H,15,17,19). The van der Waals surface area contributed by atoms with E-state index in [1.807, 2.05) is 0 Å². The lowest BCUT2D eigenvalue weighted by atomic mass is 10.1. The molecule has 1 aliphatic rings. The molecule has 1 unspecified atom stereocenters.